The Bertz CT molecular complexity index is 157. The van der Waals surface area contributed by atoms with Crippen molar-refractivity contribution in [2.75, 3.05) is 27.6 Å². The van der Waals surface area contributed by atoms with Gasteiger partial charge in [-0.25, -0.2) is 0 Å². The highest BCUT2D eigenvalue weighted by Crippen LogP contribution is 1.87. The summed E-state index contributed by atoms with van der Waals surface area (Å²) in [6.07, 6.45) is 0.715. The molecule has 0 aromatic rings. The first-order valence-electron chi connectivity index (χ1n) is 2.86. The Balaban J connectivity index is 0. The lowest BCUT2D eigenvalue weighted by Crippen LogP contribution is -2.14. The number of methoxy groups -OCH3 is 3. The van der Waals surface area contributed by atoms with Crippen LogP contribution in [0.3, 0.4) is 0 Å². The molecule has 0 radical (unpaired) electrons. The number of hydrogen-bond donors (Lipinski definition) is 1. The van der Waals surface area contributed by atoms with Crippen LogP contribution in [-0.2, 0) is 24.3 Å². The van der Waals surface area contributed by atoms with Crippen LogP contribution in [0.4, 0.5) is 0 Å². The fraction of sp³-hybridized carbons (Fsp3) is 1.00. The van der Waals surface area contributed by atoms with Crippen molar-refractivity contribution in [3.63, 3.8) is 0 Å². The zero-order chi connectivity index (χ0) is 10.2. The minimum atomic E-state index is -3.67. The van der Waals surface area contributed by atoms with E-state index in [2.05, 4.69) is 14.2 Å². The van der Waals surface area contributed by atoms with E-state index in [1.807, 2.05) is 0 Å². The summed E-state index contributed by atoms with van der Waals surface area (Å²) in [4.78, 5) is 0. The summed E-state index contributed by atoms with van der Waals surface area (Å²) >= 11 is 0. The maximum Gasteiger partial charge on any atom is 0.270 e. The Morgan fingerprint density at radius 2 is 1.25 bits per heavy atom. The Hall–Kier alpha value is -0.210. The molecule has 0 aliphatic heterocycles. The van der Waals surface area contributed by atoms with Gasteiger partial charge in [-0.1, -0.05) is 0 Å². The minimum absolute atomic E-state index is 0.514. The number of hydrogen-bond acceptors (Lipinski definition) is 5. The standard InChI is InChI=1S/C4H10O3.CH4O3S/c1-5-4(6-2)7-3;1-5(2,3)4/h4H,1-3H3;1H3,(H,2,3,4). The summed E-state index contributed by atoms with van der Waals surface area (Å²) in [5.74, 6) is 0. The lowest BCUT2D eigenvalue weighted by Gasteiger charge is -2.08. The third-order valence-corrected chi connectivity index (χ3v) is 0.577. The molecule has 0 atom stereocenters. The predicted molar refractivity (Wildman–Crippen MR) is 42.3 cm³/mol. The molecule has 0 unspecified atom stereocenters. The summed E-state index contributed by atoms with van der Waals surface area (Å²) in [6, 6.07) is 0. The van der Waals surface area contributed by atoms with Gasteiger partial charge < -0.3 is 14.2 Å². The van der Waals surface area contributed by atoms with Crippen molar-refractivity contribution in [3.8, 4) is 0 Å². The molecule has 1 N–H and O–H groups in total. The molecular weight excluding hydrogens is 188 g/mol. The molecule has 0 rings (SSSR count). The number of rotatable bonds is 3. The topological polar surface area (TPSA) is 82.1 Å². The van der Waals surface area contributed by atoms with E-state index in [0.29, 0.717) is 6.26 Å². The van der Waals surface area contributed by atoms with Crippen LogP contribution in [-0.4, -0.2) is 47.0 Å². The zero-order valence-corrected chi connectivity index (χ0v) is 8.29. The Kier molecular flexibility index (Phi) is 8.88. The molecule has 76 valence electrons. The van der Waals surface area contributed by atoms with Gasteiger partial charge in [0.15, 0.2) is 0 Å². The molecule has 0 saturated carbocycles. The molecule has 0 aliphatic rings. The van der Waals surface area contributed by atoms with E-state index in [-0.39, 0.29) is 0 Å². The average Bonchev–Trinajstić information content (AvgIpc) is 1.88. The quantitative estimate of drug-likeness (QED) is 0.500. The second kappa shape index (κ2) is 7.44. The first-order chi connectivity index (χ1) is 5.35. The van der Waals surface area contributed by atoms with E-state index < -0.39 is 16.6 Å². The van der Waals surface area contributed by atoms with Crippen molar-refractivity contribution >= 4 is 10.1 Å². The molecule has 6 nitrogen and oxygen atoms in total. The van der Waals surface area contributed by atoms with Crippen molar-refractivity contribution in [1.82, 2.24) is 0 Å². The van der Waals surface area contributed by atoms with E-state index in [1.165, 1.54) is 21.3 Å². The molecule has 0 saturated heterocycles. The molecule has 0 amide bonds. The average molecular weight is 202 g/mol. The van der Waals surface area contributed by atoms with Crippen LogP contribution in [0.15, 0.2) is 0 Å². The molecular formula is C5H14O6S. The number of ether oxygens (including phenoxy) is 3. The summed E-state index contributed by atoms with van der Waals surface area (Å²) in [7, 11) is 0.868. The highest BCUT2D eigenvalue weighted by Gasteiger charge is 1.96. The first-order valence-corrected chi connectivity index (χ1v) is 4.70. The lowest BCUT2D eigenvalue weighted by molar-refractivity contribution is -0.252. The Labute approximate surface area is 72.2 Å². The molecule has 0 spiro atoms. The summed E-state index contributed by atoms with van der Waals surface area (Å²) in [6.45, 7) is -0.514. The smallest absolute Gasteiger partial charge is 0.270 e. The molecule has 0 heterocycles. The maximum atomic E-state index is 9.19. The van der Waals surface area contributed by atoms with Crippen LogP contribution < -0.4 is 0 Å². The van der Waals surface area contributed by atoms with Crippen LogP contribution in [0.5, 0.6) is 0 Å². The first kappa shape index (κ1) is 14.3. The molecule has 12 heavy (non-hydrogen) atoms. The lowest BCUT2D eigenvalue weighted by atomic mass is 11.2. The molecule has 0 aromatic heterocycles. The Morgan fingerprint density at radius 3 is 1.25 bits per heavy atom. The van der Waals surface area contributed by atoms with Gasteiger partial charge in [0.1, 0.15) is 0 Å². The van der Waals surface area contributed by atoms with Crippen LogP contribution in [0, 0.1) is 0 Å². The van der Waals surface area contributed by atoms with Gasteiger partial charge in [0.2, 0.25) is 0 Å². The zero-order valence-electron chi connectivity index (χ0n) is 7.47. The van der Waals surface area contributed by atoms with E-state index in [9.17, 15) is 8.42 Å². The maximum absolute atomic E-state index is 9.19. The van der Waals surface area contributed by atoms with Crippen LogP contribution >= 0.6 is 0 Å². The fourth-order valence-corrected chi connectivity index (χ4v) is 0.289. The monoisotopic (exact) mass is 202 g/mol. The third-order valence-electron chi connectivity index (χ3n) is 0.577. The van der Waals surface area contributed by atoms with Crippen molar-refractivity contribution in [2.24, 2.45) is 0 Å². The minimum Gasteiger partial charge on any atom is -0.333 e. The Morgan fingerprint density at radius 1 is 1.08 bits per heavy atom. The summed E-state index contributed by atoms with van der Waals surface area (Å²) < 4.78 is 39.7. The highest BCUT2D eigenvalue weighted by atomic mass is 32.2. The summed E-state index contributed by atoms with van der Waals surface area (Å²) in [5, 5.41) is 0. The SMILES string of the molecule is COC(OC)OC.CS(=O)(=O)O. The van der Waals surface area contributed by atoms with Crippen LogP contribution in [0.25, 0.3) is 0 Å². The van der Waals surface area contributed by atoms with Gasteiger partial charge in [-0.15, -0.1) is 0 Å². The second-order valence-electron chi connectivity index (χ2n) is 1.73. The van der Waals surface area contributed by atoms with Crippen molar-refractivity contribution in [2.45, 2.75) is 6.48 Å². The van der Waals surface area contributed by atoms with E-state index in [0.717, 1.165) is 0 Å². The highest BCUT2D eigenvalue weighted by molar-refractivity contribution is 7.85. The van der Waals surface area contributed by atoms with E-state index in [1.54, 1.807) is 0 Å². The van der Waals surface area contributed by atoms with E-state index >= 15 is 0 Å². The van der Waals surface area contributed by atoms with Crippen molar-refractivity contribution < 1.29 is 27.2 Å². The van der Waals surface area contributed by atoms with Crippen molar-refractivity contribution in [3.05, 3.63) is 0 Å². The van der Waals surface area contributed by atoms with Gasteiger partial charge in [0.05, 0.1) is 6.26 Å². The van der Waals surface area contributed by atoms with Crippen molar-refractivity contribution in [1.29, 1.82) is 0 Å². The van der Waals surface area contributed by atoms with Gasteiger partial charge in [-0.05, 0) is 0 Å². The van der Waals surface area contributed by atoms with E-state index in [4.69, 9.17) is 4.55 Å². The molecule has 0 bridgehead atoms. The largest absolute Gasteiger partial charge is 0.333 e. The van der Waals surface area contributed by atoms with Gasteiger partial charge in [-0.2, -0.15) is 8.42 Å². The predicted octanol–water partition coefficient (Wildman–Crippen LogP) is -0.287. The third kappa shape index (κ3) is 22.6. The normalized spacial score (nSPS) is 10.8. The van der Waals surface area contributed by atoms with Gasteiger partial charge >= 0.3 is 0 Å². The van der Waals surface area contributed by atoms with Gasteiger partial charge in [-0.3, -0.25) is 4.55 Å². The van der Waals surface area contributed by atoms with Crippen LogP contribution in [0.1, 0.15) is 0 Å². The molecule has 0 aromatic carbocycles. The fourth-order valence-electron chi connectivity index (χ4n) is 0.289. The van der Waals surface area contributed by atoms with Crippen LogP contribution in [0.2, 0.25) is 0 Å². The van der Waals surface area contributed by atoms with Gasteiger partial charge in [0.25, 0.3) is 16.6 Å². The second-order valence-corrected chi connectivity index (χ2v) is 3.19. The molecule has 7 heteroatoms. The molecule has 0 fully saturated rings. The molecule has 0 aliphatic carbocycles. The summed E-state index contributed by atoms with van der Waals surface area (Å²) in [5.41, 5.74) is 0. The van der Waals surface area contributed by atoms with Gasteiger partial charge in [0, 0.05) is 21.3 Å².